The predicted molar refractivity (Wildman–Crippen MR) is 68.1 cm³/mol. The third-order valence-electron chi connectivity index (χ3n) is 4.37. The molecule has 0 unspecified atom stereocenters. The second kappa shape index (κ2) is 4.97. The van der Waals surface area contributed by atoms with Crippen molar-refractivity contribution in [2.75, 3.05) is 13.2 Å². The molecule has 0 radical (unpaired) electrons. The number of ether oxygens (including phenoxy) is 1. The van der Waals surface area contributed by atoms with Gasteiger partial charge in [0.2, 0.25) is 0 Å². The molecule has 2 heterocycles. The van der Waals surface area contributed by atoms with Crippen LogP contribution in [-0.2, 0) is 18.3 Å². The van der Waals surface area contributed by atoms with Crippen molar-refractivity contribution in [3.63, 3.8) is 0 Å². The van der Waals surface area contributed by atoms with Crippen LogP contribution in [0.3, 0.4) is 0 Å². The van der Waals surface area contributed by atoms with Crippen molar-refractivity contribution in [1.82, 2.24) is 19.7 Å². The van der Waals surface area contributed by atoms with Crippen molar-refractivity contribution >= 4 is 0 Å². The van der Waals surface area contributed by atoms with Crippen LogP contribution in [0.15, 0.2) is 0 Å². The van der Waals surface area contributed by atoms with Crippen molar-refractivity contribution in [3.8, 4) is 0 Å². The number of aryl methyl sites for hydroxylation is 1. The number of fused-ring (bicyclic) bond motifs is 1. The highest BCUT2D eigenvalue weighted by Gasteiger charge is 2.34. The van der Waals surface area contributed by atoms with Gasteiger partial charge in [0, 0.05) is 19.6 Å². The molecule has 18 heavy (non-hydrogen) atoms. The molecule has 2 fully saturated rings. The quantitative estimate of drug-likeness (QED) is 0.793. The molecule has 0 aromatic carbocycles. The molecule has 2 aliphatic rings. The molecular weight excluding hydrogens is 228 g/mol. The summed E-state index contributed by atoms with van der Waals surface area (Å²) in [5, 5.41) is 8.42. The highest BCUT2D eigenvalue weighted by atomic mass is 16.5. The van der Waals surface area contributed by atoms with Gasteiger partial charge in [0.1, 0.15) is 11.6 Å². The first-order valence-corrected chi connectivity index (χ1v) is 6.96. The largest absolute Gasteiger partial charge is 0.375 e. The van der Waals surface area contributed by atoms with Gasteiger partial charge >= 0.3 is 0 Å². The average molecular weight is 250 g/mol. The lowest BCUT2D eigenvalue weighted by molar-refractivity contribution is -0.0920. The topological polar surface area (TPSA) is 43.2 Å². The molecule has 1 aliphatic heterocycles. The summed E-state index contributed by atoms with van der Waals surface area (Å²) in [5.41, 5.74) is 0. The average Bonchev–Trinajstić information content (AvgIpc) is 2.71. The van der Waals surface area contributed by atoms with Gasteiger partial charge in [-0.25, -0.2) is 0 Å². The Morgan fingerprint density at radius 3 is 2.89 bits per heavy atom. The third kappa shape index (κ3) is 2.17. The number of hydrogen-bond donors (Lipinski definition) is 0. The van der Waals surface area contributed by atoms with E-state index in [9.17, 15) is 0 Å². The fourth-order valence-corrected chi connectivity index (χ4v) is 3.14. The fourth-order valence-electron chi connectivity index (χ4n) is 3.14. The Morgan fingerprint density at radius 1 is 1.28 bits per heavy atom. The number of hydrogen-bond acceptors (Lipinski definition) is 4. The molecule has 1 saturated heterocycles. The van der Waals surface area contributed by atoms with Crippen molar-refractivity contribution in [1.29, 1.82) is 0 Å². The summed E-state index contributed by atoms with van der Waals surface area (Å²) in [5.74, 6) is 2.05. The molecule has 1 aromatic heterocycles. The molecular formula is C13H22N4O. The summed E-state index contributed by atoms with van der Waals surface area (Å²) in [7, 11) is 2.05. The zero-order chi connectivity index (χ0) is 12.5. The zero-order valence-electron chi connectivity index (χ0n) is 11.3. The Kier molecular flexibility index (Phi) is 3.35. The first-order chi connectivity index (χ1) is 8.75. The molecule has 0 amide bonds. The number of morpholine rings is 1. The van der Waals surface area contributed by atoms with Crippen molar-refractivity contribution in [2.24, 2.45) is 7.05 Å². The van der Waals surface area contributed by atoms with E-state index < -0.39 is 0 Å². The van der Waals surface area contributed by atoms with Crippen LogP contribution >= 0.6 is 0 Å². The van der Waals surface area contributed by atoms with E-state index in [4.69, 9.17) is 4.74 Å². The second-order valence-corrected chi connectivity index (χ2v) is 5.45. The van der Waals surface area contributed by atoms with E-state index >= 15 is 0 Å². The van der Waals surface area contributed by atoms with Gasteiger partial charge in [-0.2, -0.15) is 0 Å². The molecule has 3 rings (SSSR count). The first kappa shape index (κ1) is 12.1. The number of aromatic nitrogens is 3. The highest BCUT2D eigenvalue weighted by molar-refractivity contribution is 4.95. The Balaban J connectivity index is 1.73. The highest BCUT2D eigenvalue weighted by Crippen LogP contribution is 2.29. The maximum absolute atomic E-state index is 5.90. The van der Waals surface area contributed by atoms with Gasteiger partial charge in [-0.3, -0.25) is 4.90 Å². The van der Waals surface area contributed by atoms with Gasteiger partial charge < -0.3 is 9.30 Å². The summed E-state index contributed by atoms with van der Waals surface area (Å²) in [6, 6.07) is 0.588. The van der Waals surface area contributed by atoms with Gasteiger partial charge in [0.25, 0.3) is 0 Å². The van der Waals surface area contributed by atoms with E-state index in [0.29, 0.717) is 12.1 Å². The molecule has 100 valence electrons. The smallest absolute Gasteiger partial charge is 0.146 e. The van der Waals surface area contributed by atoms with Gasteiger partial charge in [-0.15, -0.1) is 10.2 Å². The number of nitrogens with zero attached hydrogens (tertiary/aromatic N) is 4. The maximum atomic E-state index is 5.90. The summed E-state index contributed by atoms with van der Waals surface area (Å²) < 4.78 is 7.99. The number of rotatable bonds is 2. The molecule has 1 aliphatic carbocycles. The second-order valence-electron chi connectivity index (χ2n) is 5.45. The minimum Gasteiger partial charge on any atom is -0.375 e. The fraction of sp³-hybridized carbons (Fsp3) is 0.846. The molecule has 5 heteroatoms. The van der Waals surface area contributed by atoms with Crippen LogP contribution in [0.5, 0.6) is 0 Å². The normalized spacial score (nSPS) is 29.2. The summed E-state index contributed by atoms with van der Waals surface area (Å²) in [4.78, 5) is 2.54. The molecule has 1 aromatic rings. The Morgan fingerprint density at radius 2 is 2.11 bits per heavy atom. The van der Waals surface area contributed by atoms with E-state index in [1.54, 1.807) is 0 Å². The lowest BCUT2D eigenvalue weighted by atomic mass is 9.90. The Labute approximate surface area is 108 Å². The molecule has 0 bridgehead atoms. The van der Waals surface area contributed by atoms with Gasteiger partial charge in [0.05, 0.1) is 19.3 Å². The lowest BCUT2D eigenvalue weighted by Gasteiger charge is -2.43. The van der Waals surface area contributed by atoms with Crippen LogP contribution in [0.4, 0.5) is 0 Å². The van der Waals surface area contributed by atoms with Crippen LogP contribution in [-0.4, -0.2) is 45.0 Å². The summed E-state index contributed by atoms with van der Waals surface area (Å²) in [6.45, 7) is 4.78. The van der Waals surface area contributed by atoms with Crippen molar-refractivity contribution in [3.05, 3.63) is 11.6 Å². The van der Waals surface area contributed by atoms with E-state index in [0.717, 1.165) is 31.3 Å². The minimum atomic E-state index is 0.446. The van der Waals surface area contributed by atoms with E-state index in [-0.39, 0.29) is 0 Å². The minimum absolute atomic E-state index is 0.446. The third-order valence-corrected chi connectivity index (χ3v) is 4.37. The lowest BCUT2D eigenvalue weighted by Crippen LogP contribution is -2.52. The predicted octanol–water partition coefficient (Wildman–Crippen LogP) is 1.27. The molecule has 0 spiro atoms. The molecule has 5 nitrogen and oxygen atoms in total. The van der Waals surface area contributed by atoms with Crippen molar-refractivity contribution < 1.29 is 4.74 Å². The summed E-state index contributed by atoms with van der Waals surface area (Å²) in [6.07, 6.45) is 5.58. The van der Waals surface area contributed by atoms with E-state index in [2.05, 4.69) is 19.7 Å². The zero-order valence-corrected chi connectivity index (χ0v) is 11.3. The van der Waals surface area contributed by atoms with E-state index in [1.165, 1.54) is 25.7 Å². The molecule has 1 saturated carbocycles. The first-order valence-electron chi connectivity index (χ1n) is 6.96. The van der Waals surface area contributed by atoms with Gasteiger partial charge in [0.15, 0.2) is 0 Å². The SMILES string of the molecule is Cc1nnc(CN2CCO[C@H]3CCCC[C@@H]32)n1C. The Hall–Kier alpha value is -0.940. The van der Waals surface area contributed by atoms with Gasteiger partial charge in [-0.05, 0) is 19.8 Å². The molecule has 0 N–H and O–H groups in total. The van der Waals surface area contributed by atoms with Crippen molar-refractivity contribution in [2.45, 2.75) is 51.3 Å². The summed E-state index contributed by atoms with van der Waals surface area (Å²) >= 11 is 0. The van der Waals surface area contributed by atoms with Crippen LogP contribution in [0, 0.1) is 6.92 Å². The van der Waals surface area contributed by atoms with Crippen LogP contribution in [0.2, 0.25) is 0 Å². The van der Waals surface area contributed by atoms with Gasteiger partial charge in [-0.1, -0.05) is 12.8 Å². The van der Waals surface area contributed by atoms with Crippen LogP contribution < -0.4 is 0 Å². The molecule has 2 atom stereocenters. The standard InChI is InChI=1S/C13H22N4O/c1-10-14-15-13(16(10)2)9-17-7-8-18-12-6-4-3-5-11(12)17/h11-12H,3-9H2,1-2H3/t11-,12-/m0/s1. The van der Waals surface area contributed by atoms with Crippen LogP contribution in [0.25, 0.3) is 0 Å². The van der Waals surface area contributed by atoms with Crippen LogP contribution in [0.1, 0.15) is 37.3 Å². The van der Waals surface area contributed by atoms with E-state index in [1.807, 2.05) is 14.0 Å². The maximum Gasteiger partial charge on any atom is 0.146 e. The Bertz CT molecular complexity index is 415. The monoisotopic (exact) mass is 250 g/mol.